The summed E-state index contributed by atoms with van der Waals surface area (Å²) in [6.07, 6.45) is 1.19. The number of hydrogen-bond donors (Lipinski definition) is 1. The van der Waals surface area contributed by atoms with Crippen molar-refractivity contribution in [3.05, 3.63) is 35.4 Å². The average molecular weight is 249 g/mol. The van der Waals surface area contributed by atoms with Crippen LogP contribution in [0.2, 0.25) is 0 Å². The number of carbonyl (C=O) groups is 1. The summed E-state index contributed by atoms with van der Waals surface area (Å²) in [6, 6.07) is 7.16. The van der Waals surface area contributed by atoms with Gasteiger partial charge in [-0.3, -0.25) is 4.90 Å². The third-order valence-electron chi connectivity index (χ3n) is 3.32. The lowest BCUT2D eigenvalue weighted by Gasteiger charge is -2.23. The van der Waals surface area contributed by atoms with E-state index in [0.717, 1.165) is 19.6 Å². The molecule has 1 atom stereocenters. The summed E-state index contributed by atoms with van der Waals surface area (Å²) in [5, 5.41) is 8.84. The van der Waals surface area contributed by atoms with Crippen LogP contribution < -0.4 is 0 Å². The molecule has 18 heavy (non-hydrogen) atoms. The molecule has 1 aromatic carbocycles. The molecule has 0 aliphatic rings. The van der Waals surface area contributed by atoms with Crippen molar-refractivity contribution >= 4 is 5.97 Å². The average Bonchev–Trinajstić information content (AvgIpc) is 2.38. The Hall–Kier alpha value is -1.35. The van der Waals surface area contributed by atoms with Crippen LogP contribution in [0.1, 0.15) is 43.1 Å². The molecule has 1 aromatic rings. The molecule has 0 aliphatic carbocycles. The quantitative estimate of drug-likeness (QED) is 0.806. The van der Waals surface area contributed by atoms with Crippen molar-refractivity contribution in [1.29, 1.82) is 0 Å². The first-order valence-electron chi connectivity index (χ1n) is 6.61. The Bertz CT molecular complexity index is 373. The lowest BCUT2D eigenvalue weighted by Crippen LogP contribution is -2.27. The highest BCUT2D eigenvalue weighted by atomic mass is 16.4. The first-order valence-corrected chi connectivity index (χ1v) is 6.61. The fourth-order valence-electron chi connectivity index (χ4n) is 1.89. The molecule has 3 heteroatoms. The van der Waals surface area contributed by atoms with Gasteiger partial charge < -0.3 is 5.11 Å². The molecule has 1 rings (SSSR count). The number of rotatable bonds is 7. The van der Waals surface area contributed by atoms with Crippen molar-refractivity contribution in [2.45, 2.75) is 33.7 Å². The Morgan fingerprint density at radius 2 is 1.89 bits per heavy atom. The molecule has 0 aliphatic heterocycles. The molecule has 0 heterocycles. The highest BCUT2D eigenvalue weighted by Crippen LogP contribution is 2.10. The van der Waals surface area contributed by atoms with E-state index in [0.29, 0.717) is 11.5 Å². The van der Waals surface area contributed by atoms with E-state index in [1.807, 2.05) is 12.1 Å². The minimum atomic E-state index is -0.867. The predicted molar refractivity (Wildman–Crippen MR) is 73.8 cm³/mol. The Kier molecular flexibility index (Phi) is 5.86. The van der Waals surface area contributed by atoms with E-state index in [1.165, 1.54) is 12.0 Å². The van der Waals surface area contributed by atoms with E-state index < -0.39 is 5.97 Å². The summed E-state index contributed by atoms with van der Waals surface area (Å²) in [6.45, 7) is 9.63. The van der Waals surface area contributed by atoms with Gasteiger partial charge in [-0.25, -0.2) is 4.79 Å². The van der Waals surface area contributed by atoms with Gasteiger partial charge in [-0.15, -0.1) is 0 Å². The monoisotopic (exact) mass is 249 g/mol. The number of nitrogens with zero attached hydrogens (tertiary/aromatic N) is 1. The van der Waals surface area contributed by atoms with Crippen LogP contribution in [0.5, 0.6) is 0 Å². The zero-order valence-electron chi connectivity index (χ0n) is 11.5. The molecule has 0 aromatic heterocycles. The summed E-state index contributed by atoms with van der Waals surface area (Å²) < 4.78 is 0. The van der Waals surface area contributed by atoms with E-state index in [4.69, 9.17) is 5.11 Å². The van der Waals surface area contributed by atoms with Gasteiger partial charge in [0, 0.05) is 13.1 Å². The van der Waals surface area contributed by atoms with Crippen LogP contribution in [0.25, 0.3) is 0 Å². The molecule has 0 saturated carbocycles. The fourth-order valence-corrected chi connectivity index (χ4v) is 1.89. The summed E-state index contributed by atoms with van der Waals surface area (Å²) >= 11 is 0. The van der Waals surface area contributed by atoms with Crippen LogP contribution in [0, 0.1) is 5.92 Å². The third-order valence-corrected chi connectivity index (χ3v) is 3.32. The van der Waals surface area contributed by atoms with E-state index >= 15 is 0 Å². The molecule has 1 unspecified atom stereocenters. The van der Waals surface area contributed by atoms with Gasteiger partial charge in [-0.1, -0.05) is 39.3 Å². The first kappa shape index (κ1) is 14.7. The zero-order chi connectivity index (χ0) is 13.5. The Balaban J connectivity index is 2.61. The van der Waals surface area contributed by atoms with Crippen molar-refractivity contribution < 1.29 is 9.90 Å². The van der Waals surface area contributed by atoms with Crippen LogP contribution in [-0.4, -0.2) is 29.1 Å². The number of aromatic carboxylic acids is 1. The van der Waals surface area contributed by atoms with E-state index in [-0.39, 0.29) is 0 Å². The third kappa shape index (κ3) is 4.49. The van der Waals surface area contributed by atoms with Crippen LogP contribution >= 0.6 is 0 Å². The fraction of sp³-hybridized carbons (Fsp3) is 0.533. The molecule has 0 amide bonds. The molecule has 0 radical (unpaired) electrons. The predicted octanol–water partition coefficient (Wildman–Crippen LogP) is 3.25. The van der Waals surface area contributed by atoms with Gasteiger partial charge in [0.1, 0.15) is 0 Å². The van der Waals surface area contributed by atoms with Crippen molar-refractivity contribution in [2.24, 2.45) is 5.92 Å². The smallest absolute Gasteiger partial charge is 0.335 e. The minimum Gasteiger partial charge on any atom is -0.478 e. The van der Waals surface area contributed by atoms with Gasteiger partial charge in [0.2, 0.25) is 0 Å². The van der Waals surface area contributed by atoms with E-state index in [1.54, 1.807) is 12.1 Å². The molecular weight excluding hydrogens is 226 g/mol. The number of hydrogen-bond acceptors (Lipinski definition) is 2. The minimum absolute atomic E-state index is 0.351. The summed E-state index contributed by atoms with van der Waals surface area (Å²) in [4.78, 5) is 13.2. The second-order valence-corrected chi connectivity index (χ2v) is 4.84. The summed E-state index contributed by atoms with van der Waals surface area (Å²) in [7, 11) is 0. The van der Waals surface area contributed by atoms with Crippen molar-refractivity contribution in [3.63, 3.8) is 0 Å². The highest BCUT2D eigenvalue weighted by molar-refractivity contribution is 5.87. The van der Waals surface area contributed by atoms with E-state index in [9.17, 15) is 4.79 Å². The molecule has 3 nitrogen and oxygen atoms in total. The van der Waals surface area contributed by atoms with Crippen molar-refractivity contribution in [3.8, 4) is 0 Å². The molecule has 100 valence electrons. The van der Waals surface area contributed by atoms with Crippen LogP contribution in [0.3, 0.4) is 0 Å². The normalized spacial score (nSPS) is 12.7. The molecule has 0 saturated heterocycles. The van der Waals surface area contributed by atoms with E-state index in [2.05, 4.69) is 25.7 Å². The topological polar surface area (TPSA) is 40.5 Å². The summed E-state index contributed by atoms with van der Waals surface area (Å²) in [5.41, 5.74) is 1.52. The van der Waals surface area contributed by atoms with Crippen LogP contribution in [-0.2, 0) is 6.54 Å². The number of carboxylic acids is 1. The van der Waals surface area contributed by atoms with Crippen molar-refractivity contribution in [1.82, 2.24) is 4.90 Å². The largest absolute Gasteiger partial charge is 0.478 e. The molecule has 0 bridgehead atoms. The molecule has 0 fully saturated rings. The van der Waals surface area contributed by atoms with Crippen LogP contribution in [0.15, 0.2) is 24.3 Å². The number of carboxylic acid groups (broad SMARTS) is 1. The zero-order valence-corrected chi connectivity index (χ0v) is 11.5. The molecular formula is C15H23NO2. The standard InChI is InChI=1S/C15H23NO2/c1-4-12(3)10-16(5-2)11-13-6-8-14(9-7-13)15(17)18/h6-9,12H,4-5,10-11H2,1-3H3,(H,17,18). The maximum atomic E-state index is 10.8. The van der Waals surface area contributed by atoms with Gasteiger partial charge in [0.05, 0.1) is 5.56 Å². The first-order chi connectivity index (χ1) is 8.56. The second-order valence-electron chi connectivity index (χ2n) is 4.84. The van der Waals surface area contributed by atoms with Crippen molar-refractivity contribution in [2.75, 3.05) is 13.1 Å². The van der Waals surface area contributed by atoms with Gasteiger partial charge in [0.15, 0.2) is 0 Å². The lowest BCUT2D eigenvalue weighted by molar-refractivity contribution is 0.0697. The maximum Gasteiger partial charge on any atom is 0.335 e. The molecule has 1 N–H and O–H groups in total. The maximum absolute atomic E-state index is 10.8. The Morgan fingerprint density at radius 1 is 1.28 bits per heavy atom. The highest BCUT2D eigenvalue weighted by Gasteiger charge is 2.08. The second kappa shape index (κ2) is 7.17. The van der Waals surface area contributed by atoms with Gasteiger partial charge in [0.25, 0.3) is 0 Å². The lowest BCUT2D eigenvalue weighted by atomic mass is 10.1. The number of benzene rings is 1. The van der Waals surface area contributed by atoms with Gasteiger partial charge in [-0.2, -0.15) is 0 Å². The van der Waals surface area contributed by atoms with Crippen LogP contribution in [0.4, 0.5) is 0 Å². The summed E-state index contributed by atoms with van der Waals surface area (Å²) in [5.74, 6) is -0.170. The molecule has 0 spiro atoms. The van der Waals surface area contributed by atoms with Gasteiger partial charge in [-0.05, 0) is 30.2 Å². The van der Waals surface area contributed by atoms with Gasteiger partial charge >= 0.3 is 5.97 Å². The Morgan fingerprint density at radius 3 is 2.33 bits per heavy atom. The SMILES string of the molecule is CCC(C)CN(CC)Cc1ccc(C(=O)O)cc1. The Labute approximate surface area is 109 Å².